The maximum absolute atomic E-state index is 5.95. The molecule has 2 nitrogen and oxygen atoms in total. The van der Waals surface area contributed by atoms with Crippen molar-refractivity contribution >= 4 is 23.2 Å². The maximum atomic E-state index is 5.95. The molecule has 0 aliphatic rings. The Morgan fingerprint density at radius 1 is 1.00 bits per heavy atom. The second-order valence-corrected chi connectivity index (χ2v) is 5.25. The smallest absolute Gasteiger partial charge is 0.137 e. The molecule has 0 atom stereocenters. The summed E-state index contributed by atoms with van der Waals surface area (Å²) in [5, 5.41) is 1.10. The highest BCUT2D eigenvalue weighted by Gasteiger charge is 2.20. The molecule has 1 rings (SSSR count). The Labute approximate surface area is 120 Å². The second kappa shape index (κ2) is 7.22. The number of ether oxygens (including phenoxy) is 1. The van der Waals surface area contributed by atoms with Crippen LogP contribution in [0, 0.1) is 0 Å². The molecule has 4 heteroatoms. The first-order chi connectivity index (χ1) is 8.56. The van der Waals surface area contributed by atoms with Crippen LogP contribution in [0.4, 0.5) is 0 Å². The summed E-state index contributed by atoms with van der Waals surface area (Å²) < 4.78 is 6.83. The summed E-state index contributed by atoms with van der Waals surface area (Å²) in [4.78, 5) is 0. The van der Waals surface area contributed by atoms with E-state index in [1.165, 1.54) is 0 Å². The molecule has 0 radical (unpaired) electrons. The zero-order valence-corrected chi connectivity index (χ0v) is 12.9. The van der Waals surface area contributed by atoms with E-state index in [1.54, 1.807) is 12.1 Å². The summed E-state index contributed by atoms with van der Waals surface area (Å²) in [5.41, 5.74) is 0. The monoisotopic (exact) mass is 290 g/mol. The van der Waals surface area contributed by atoms with Gasteiger partial charge in [0.25, 0.3) is 0 Å². The van der Waals surface area contributed by atoms with Gasteiger partial charge in [0.1, 0.15) is 18.9 Å². The molecule has 0 saturated carbocycles. The molecule has 0 aliphatic carbocycles. The largest absolute Gasteiger partial charge is 0.488 e. The van der Waals surface area contributed by atoms with Crippen LogP contribution in [0.5, 0.6) is 5.75 Å². The predicted molar refractivity (Wildman–Crippen MR) is 78.7 cm³/mol. The second-order valence-electron chi connectivity index (χ2n) is 4.44. The van der Waals surface area contributed by atoms with Crippen LogP contribution in [-0.2, 0) is 0 Å². The Bertz CT molecular complexity index is 370. The van der Waals surface area contributed by atoms with Gasteiger partial charge < -0.3 is 9.22 Å². The van der Waals surface area contributed by atoms with Gasteiger partial charge in [0.15, 0.2) is 0 Å². The van der Waals surface area contributed by atoms with Crippen molar-refractivity contribution in [3.8, 4) is 5.75 Å². The summed E-state index contributed by atoms with van der Waals surface area (Å²) in [6.07, 6.45) is 0. The molecule has 0 fully saturated rings. The van der Waals surface area contributed by atoms with E-state index in [0.717, 1.165) is 36.4 Å². The molecule has 0 aromatic heterocycles. The fourth-order valence-electron chi connectivity index (χ4n) is 2.07. The molecule has 102 valence electrons. The lowest BCUT2D eigenvalue weighted by Crippen LogP contribution is -2.49. The lowest BCUT2D eigenvalue weighted by molar-refractivity contribution is -0.923. The summed E-state index contributed by atoms with van der Waals surface area (Å²) in [7, 11) is 0. The average Bonchev–Trinajstić information content (AvgIpc) is 2.39. The van der Waals surface area contributed by atoms with Gasteiger partial charge in [-0.1, -0.05) is 23.2 Å². The number of nitrogens with zero attached hydrogens (tertiary/aromatic N) is 1. The van der Waals surface area contributed by atoms with Crippen LogP contribution in [-0.4, -0.2) is 37.3 Å². The fraction of sp³-hybridized carbons (Fsp3) is 0.571. The van der Waals surface area contributed by atoms with Crippen LogP contribution < -0.4 is 4.74 Å². The SMILES string of the molecule is CC[N+](CC)(CC)CCOc1ccc(Cl)c(Cl)c1. The molecule has 0 heterocycles. The number of hydrogen-bond donors (Lipinski definition) is 0. The van der Waals surface area contributed by atoms with E-state index in [9.17, 15) is 0 Å². The topological polar surface area (TPSA) is 9.23 Å². The predicted octanol–water partition coefficient (Wildman–Crippen LogP) is 4.25. The van der Waals surface area contributed by atoms with Crippen molar-refractivity contribution in [1.82, 2.24) is 0 Å². The van der Waals surface area contributed by atoms with Gasteiger partial charge in [-0.2, -0.15) is 0 Å². The molecule has 0 saturated heterocycles. The van der Waals surface area contributed by atoms with Crippen LogP contribution in [0.15, 0.2) is 18.2 Å². The first-order valence-electron chi connectivity index (χ1n) is 6.50. The quantitative estimate of drug-likeness (QED) is 0.682. The highest BCUT2D eigenvalue weighted by molar-refractivity contribution is 6.42. The fourth-order valence-corrected chi connectivity index (χ4v) is 2.36. The third-order valence-corrected chi connectivity index (χ3v) is 4.48. The molecule has 0 aliphatic heterocycles. The summed E-state index contributed by atoms with van der Waals surface area (Å²) >= 11 is 11.8. The lowest BCUT2D eigenvalue weighted by atomic mass is 10.3. The van der Waals surface area contributed by atoms with Crippen molar-refractivity contribution in [2.45, 2.75) is 20.8 Å². The minimum Gasteiger partial charge on any atom is -0.488 e. The molecular formula is C14H22Cl2NO+. The van der Waals surface area contributed by atoms with Gasteiger partial charge in [-0.3, -0.25) is 0 Å². The van der Waals surface area contributed by atoms with E-state index >= 15 is 0 Å². The molecule has 0 N–H and O–H groups in total. The molecule has 0 spiro atoms. The van der Waals surface area contributed by atoms with Crippen LogP contribution in [0.1, 0.15) is 20.8 Å². The molecule has 0 amide bonds. The number of likely N-dealkylation sites (N-methyl/N-ethyl adjacent to an activating group) is 1. The minimum absolute atomic E-state index is 0.538. The minimum atomic E-state index is 0.538. The molecule has 0 bridgehead atoms. The van der Waals surface area contributed by atoms with Crippen molar-refractivity contribution in [2.75, 3.05) is 32.8 Å². The van der Waals surface area contributed by atoms with Crippen molar-refractivity contribution in [3.63, 3.8) is 0 Å². The van der Waals surface area contributed by atoms with E-state index in [2.05, 4.69) is 20.8 Å². The van der Waals surface area contributed by atoms with Gasteiger partial charge in [0.05, 0.1) is 29.7 Å². The van der Waals surface area contributed by atoms with Gasteiger partial charge in [-0.25, -0.2) is 0 Å². The van der Waals surface area contributed by atoms with Crippen molar-refractivity contribution in [2.24, 2.45) is 0 Å². The number of quaternary nitrogens is 1. The molecule has 1 aromatic carbocycles. The van der Waals surface area contributed by atoms with Gasteiger partial charge in [-0.05, 0) is 32.9 Å². The zero-order chi connectivity index (χ0) is 13.6. The highest BCUT2D eigenvalue weighted by Crippen LogP contribution is 2.26. The van der Waals surface area contributed by atoms with Gasteiger partial charge >= 0.3 is 0 Å². The van der Waals surface area contributed by atoms with Crippen molar-refractivity contribution in [3.05, 3.63) is 28.2 Å². The van der Waals surface area contributed by atoms with Crippen LogP contribution >= 0.6 is 23.2 Å². The first-order valence-corrected chi connectivity index (χ1v) is 7.25. The van der Waals surface area contributed by atoms with Crippen molar-refractivity contribution < 1.29 is 9.22 Å². The third-order valence-electron chi connectivity index (χ3n) is 3.74. The van der Waals surface area contributed by atoms with Crippen LogP contribution in [0.3, 0.4) is 0 Å². The Morgan fingerprint density at radius 3 is 2.11 bits per heavy atom. The Balaban J connectivity index is 2.52. The Hall–Kier alpha value is -0.440. The normalized spacial score (nSPS) is 11.6. The summed E-state index contributed by atoms with van der Waals surface area (Å²) in [6.45, 7) is 11.8. The third kappa shape index (κ3) is 4.04. The van der Waals surface area contributed by atoms with Gasteiger partial charge in [-0.15, -0.1) is 0 Å². The van der Waals surface area contributed by atoms with Gasteiger partial charge in [0.2, 0.25) is 0 Å². The molecule has 18 heavy (non-hydrogen) atoms. The highest BCUT2D eigenvalue weighted by atomic mass is 35.5. The van der Waals surface area contributed by atoms with E-state index in [1.807, 2.05) is 6.07 Å². The Kier molecular flexibility index (Phi) is 6.27. The average molecular weight is 291 g/mol. The summed E-state index contributed by atoms with van der Waals surface area (Å²) in [6, 6.07) is 5.38. The summed E-state index contributed by atoms with van der Waals surface area (Å²) in [5.74, 6) is 0.783. The number of hydrogen-bond acceptors (Lipinski definition) is 1. The van der Waals surface area contributed by atoms with E-state index in [4.69, 9.17) is 27.9 Å². The number of rotatable bonds is 7. The Morgan fingerprint density at radius 2 is 1.61 bits per heavy atom. The first kappa shape index (κ1) is 15.6. The molecule has 1 aromatic rings. The van der Waals surface area contributed by atoms with Crippen molar-refractivity contribution in [1.29, 1.82) is 0 Å². The zero-order valence-electron chi connectivity index (χ0n) is 11.4. The number of benzene rings is 1. The van der Waals surface area contributed by atoms with Gasteiger partial charge in [0, 0.05) is 6.07 Å². The number of halogens is 2. The van der Waals surface area contributed by atoms with E-state index in [0.29, 0.717) is 16.7 Å². The molecular weight excluding hydrogens is 269 g/mol. The molecule has 0 unspecified atom stereocenters. The maximum Gasteiger partial charge on any atom is 0.137 e. The van der Waals surface area contributed by atoms with Crippen LogP contribution in [0.2, 0.25) is 10.0 Å². The lowest BCUT2D eigenvalue weighted by Gasteiger charge is -2.35. The van der Waals surface area contributed by atoms with E-state index < -0.39 is 0 Å². The standard InChI is InChI=1S/C14H22Cl2NO/c1-4-17(5-2,6-3)9-10-18-12-7-8-13(15)14(16)11-12/h7-8,11H,4-6,9-10H2,1-3H3/q+1. The van der Waals surface area contributed by atoms with E-state index in [-0.39, 0.29) is 0 Å². The van der Waals surface area contributed by atoms with Crippen LogP contribution in [0.25, 0.3) is 0 Å².